The molecule has 2 saturated heterocycles. The zero-order chi connectivity index (χ0) is 23.7. The van der Waals surface area contributed by atoms with Crippen LogP contribution in [0, 0.1) is 0 Å². The molecule has 1 unspecified atom stereocenters. The predicted molar refractivity (Wildman–Crippen MR) is 136 cm³/mol. The summed E-state index contributed by atoms with van der Waals surface area (Å²) in [5, 5.41) is 10.7. The lowest BCUT2D eigenvalue weighted by molar-refractivity contribution is 0.412. The van der Waals surface area contributed by atoms with Crippen molar-refractivity contribution in [3.05, 3.63) is 53.7 Å². The van der Waals surface area contributed by atoms with E-state index in [-0.39, 0.29) is 0 Å². The molecule has 2 fully saturated rings. The van der Waals surface area contributed by atoms with E-state index in [1.54, 1.807) is 4.68 Å². The van der Waals surface area contributed by atoms with Gasteiger partial charge in [0.2, 0.25) is 0 Å². The van der Waals surface area contributed by atoms with E-state index in [1.807, 2.05) is 54.7 Å². The minimum absolute atomic E-state index is 0.294. The lowest BCUT2D eigenvalue weighted by Crippen LogP contribution is -2.47. The quantitative estimate of drug-likeness (QED) is 0.398. The highest BCUT2D eigenvalue weighted by Crippen LogP contribution is 2.40. The van der Waals surface area contributed by atoms with Gasteiger partial charge in [0.25, 0.3) is 0 Å². The minimum Gasteiger partial charge on any atom is -0.349 e. The molecule has 2 aliphatic heterocycles. The number of nitrogens with two attached hydrogens (primary N) is 1. The van der Waals surface area contributed by atoms with Gasteiger partial charge in [-0.15, -0.1) is 0 Å². The van der Waals surface area contributed by atoms with Gasteiger partial charge in [0.15, 0.2) is 5.65 Å². The van der Waals surface area contributed by atoms with Crippen molar-refractivity contribution >= 4 is 39.5 Å². The standard InChI is InChI=1S/C25H26ClN9/c1-33-7-6-15(31-33)12-34-13-20-21(32-34)5-4-18(23(20)26)19-10-29-25-24(19)28-11-22(30-25)35-16-2-3-17(35)9-14(27)8-16/h4-7,10-11,13-14,16-17H,2-3,8-9,12,27H2,1H3,(H,29,30)/t14?,16-,17+. The lowest BCUT2D eigenvalue weighted by Gasteiger charge is -2.38. The van der Waals surface area contributed by atoms with Crippen molar-refractivity contribution in [1.29, 1.82) is 0 Å². The Morgan fingerprint density at radius 1 is 1.11 bits per heavy atom. The Kier molecular flexibility index (Phi) is 4.65. The maximum absolute atomic E-state index is 6.91. The first-order valence-electron chi connectivity index (χ1n) is 12.1. The number of aromatic nitrogens is 7. The van der Waals surface area contributed by atoms with Gasteiger partial charge in [-0.25, -0.2) is 9.97 Å². The topological polar surface area (TPSA) is 106 Å². The lowest BCUT2D eigenvalue weighted by atomic mass is 9.98. The van der Waals surface area contributed by atoms with Gasteiger partial charge in [-0.1, -0.05) is 17.7 Å². The number of piperidine rings is 1. The van der Waals surface area contributed by atoms with Gasteiger partial charge in [0.05, 0.1) is 29.0 Å². The molecule has 178 valence electrons. The van der Waals surface area contributed by atoms with Crippen molar-refractivity contribution in [2.75, 3.05) is 4.90 Å². The number of fused-ring (bicyclic) bond motifs is 4. The van der Waals surface area contributed by atoms with Crippen molar-refractivity contribution in [2.45, 2.75) is 50.4 Å². The largest absolute Gasteiger partial charge is 0.349 e. The number of rotatable bonds is 4. The first-order valence-corrected chi connectivity index (χ1v) is 12.4. The summed E-state index contributed by atoms with van der Waals surface area (Å²) in [7, 11) is 1.91. The molecule has 3 N–H and O–H groups in total. The summed E-state index contributed by atoms with van der Waals surface area (Å²) >= 11 is 6.91. The normalized spacial score (nSPS) is 22.0. The second-order valence-corrected chi connectivity index (χ2v) is 10.2. The molecule has 4 aromatic heterocycles. The van der Waals surface area contributed by atoms with Gasteiger partial charge in [-0.3, -0.25) is 9.36 Å². The fourth-order valence-corrected chi connectivity index (χ4v) is 6.23. The summed E-state index contributed by atoms with van der Waals surface area (Å²) in [5.41, 5.74) is 11.5. The second-order valence-electron chi connectivity index (χ2n) is 9.82. The minimum atomic E-state index is 0.294. The van der Waals surface area contributed by atoms with Crippen LogP contribution < -0.4 is 10.6 Å². The van der Waals surface area contributed by atoms with Gasteiger partial charge in [-0.2, -0.15) is 10.2 Å². The van der Waals surface area contributed by atoms with Crippen LogP contribution in [-0.4, -0.2) is 52.6 Å². The third kappa shape index (κ3) is 3.41. The second kappa shape index (κ2) is 7.79. The van der Waals surface area contributed by atoms with E-state index in [2.05, 4.69) is 20.1 Å². The molecule has 2 bridgehead atoms. The first-order chi connectivity index (χ1) is 17.0. The molecule has 1 aromatic carbocycles. The molecule has 0 amide bonds. The van der Waals surface area contributed by atoms with Crippen LogP contribution in [0.1, 0.15) is 31.4 Å². The maximum Gasteiger partial charge on any atom is 0.159 e. The number of anilines is 1. The molecule has 0 aliphatic carbocycles. The zero-order valence-electron chi connectivity index (χ0n) is 19.4. The SMILES string of the molecule is Cn1ccc(Cn2cc3c(Cl)c(-c4c[nH]c5nc(N6[C@@H]7CC[C@H]6CC(N)C7)cnc45)ccc3n2)n1. The van der Waals surface area contributed by atoms with Crippen LogP contribution in [0.4, 0.5) is 5.82 Å². The fraction of sp³-hybridized carbons (Fsp3) is 0.360. The smallest absolute Gasteiger partial charge is 0.159 e. The molecular formula is C25H26ClN9. The number of aryl methyl sites for hydroxylation is 1. The van der Waals surface area contributed by atoms with Crippen LogP contribution in [0.15, 0.2) is 43.0 Å². The highest BCUT2D eigenvalue weighted by atomic mass is 35.5. The number of nitrogens with one attached hydrogen (secondary N) is 1. The Morgan fingerprint density at radius 3 is 2.71 bits per heavy atom. The van der Waals surface area contributed by atoms with E-state index in [9.17, 15) is 0 Å². The average molecular weight is 488 g/mol. The van der Waals surface area contributed by atoms with Crippen molar-refractivity contribution in [2.24, 2.45) is 12.8 Å². The Labute approximate surface area is 206 Å². The molecule has 9 nitrogen and oxygen atoms in total. The van der Waals surface area contributed by atoms with Gasteiger partial charge in [-0.05, 0) is 37.8 Å². The summed E-state index contributed by atoms with van der Waals surface area (Å²) in [6.07, 6.45) is 12.2. The predicted octanol–water partition coefficient (Wildman–Crippen LogP) is 3.87. The van der Waals surface area contributed by atoms with Crippen molar-refractivity contribution < 1.29 is 0 Å². The Bertz CT molecular complexity index is 1550. The van der Waals surface area contributed by atoms with Crippen LogP contribution in [-0.2, 0) is 13.6 Å². The summed E-state index contributed by atoms with van der Waals surface area (Å²) < 4.78 is 3.67. The van der Waals surface area contributed by atoms with E-state index in [4.69, 9.17) is 27.3 Å². The third-order valence-electron chi connectivity index (χ3n) is 7.46. The highest BCUT2D eigenvalue weighted by Gasteiger charge is 2.40. The van der Waals surface area contributed by atoms with Gasteiger partial charge >= 0.3 is 0 Å². The zero-order valence-corrected chi connectivity index (χ0v) is 20.2. The maximum atomic E-state index is 6.91. The molecule has 0 radical (unpaired) electrons. The van der Waals surface area contributed by atoms with Crippen LogP contribution >= 0.6 is 11.6 Å². The van der Waals surface area contributed by atoms with E-state index >= 15 is 0 Å². The molecule has 0 saturated carbocycles. The molecular weight excluding hydrogens is 462 g/mol. The van der Waals surface area contributed by atoms with Crippen LogP contribution in [0.5, 0.6) is 0 Å². The summed E-state index contributed by atoms with van der Waals surface area (Å²) in [5.74, 6) is 0.933. The Balaban J connectivity index is 1.23. The number of nitrogens with zero attached hydrogens (tertiary/aromatic N) is 7. The molecule has 5 aromatic rings. The monoisotopic (exact) mass is 487 g/mol. The van der Waals surface area contributed by atoms with Crippen LogP contribution in [0.3, 0.4) is 0 Å². The van der Waals surface area contributed by atoms with E-state index in [1.165, 1.54) is 12.8 Å². The fourth-order valence-electron chi connectivity index (χ4n) is 5.92. The van der Waals surface area contributed by atoms with Crippen LogP contribution in [0.2, 0.25) is 5.02 Å². The van der Waals surface area contributed by atoms with Gasteiger partial charge < -0.3 is 15.6 Å². The highest BCUT2D eigenvalue weighted by molar-refractivity contribution is 6.38. The number of hydrogen-bond acceptors (Lipinski definition) is 6. The Hall–Kier alpha value is -3.43. The van der Waals surface area contributed by atoms with Crippen molar-refractivity contribution in [1.82, 2.24) is 34.5 Å². The molecule has 0 spiro atoms. The molecule has 35 heavy (non-hydrogen) atoms. The van der Waals surface area contributed by atoms with E-state index in [0.717, 1.165) is 57.5 Å². The van der Waals surface area contributed by atoms with E-state index < -0.39 is 0 Å². The average Bonchev–Trinajstić information content (AvgIpc) is 3.60. The van der Waals surface area contributed by atoms with E-state index in [0.29, 0.717) is 29.7 Å². The number of hydrogen-bond donors (Lipinski definition) is 2. The number of H-pyrrole nitrogens is 1. The summed E-state index contributed by atoms with van der Waals surface area (Å²) in [6, 6.07) is 7.22. The Morgan fingerprint density at radius 2 is 1.94 bits per heavy atom. The molecule has 3 atom stereocenters. The summed E-state index contributed by atoms with van der Waals surface area (Å²) in [6.45, 7) is 0.589. The van der Waals surface area contributed by atoms with Crippen LogP contribution in [0.25, 0.3) is 33.2 Å². The number of aromatic amines is 1. The third-order valence-corrected chi connectivity index (χ3v) is 7.86. The van der Waals surface area contributed by atoms with Gasteiger partial charge in [0, 0.05) is 60.3 Å². The molecule has 6 heterocycles. The summed E-state index contributed by atoms with van der Waals surface area (Å²) in [4.78, 5) is 15.6. The van der Waals surface area contributed by atoms with Crippen molar-refractivity contribution in [3.8, 4) is 11.1 Å². The molecule has 7 rings (SSSR count). The first kappa shape index (κ1) is 20.9. The number of halogens is 1. The molecule has 2 aliphatic rings. The number of benzene rings is 1. The van der Waals surface area contributed by atoms with Gasteiger partial charge in [0.1, 0.15) is 11.3 Å². The van der Waals surface area contributed by atoms with Crippen molar-refractivity contribution in [3.63, 3.8) is 0 Å². The molecule has 10 heteroatoms.